The molecule has 332 valence electrons. The van der Waals surface area contributed by atoms with Crippen LogP contribution in [-0.4, -0.2) is 95.6 Å². The van der Waals surface area contributed by atoms with Gasteiger partial charge in [-0.15, -0.1) is 0 Å². The maximum absolute atomic E-state index is 14.9. The number of nitrogens with zero attached hydrogens (tertiary/aromatic N) is 1. The zero-order valence-electron chi connectivity index (χ0n) is 37.1. The summed E-state index contributed by atoms with van der Waals surface area (Å²) in [6, 6.07) is -2.76. The highest BCUT2D eigenvalue weighted by atomic mass is 32.2. The number of hydrogen-bond acceptors (Lipinski definition) is 9. The maximum Gasteiger partial charge on any atom is 0.315 e. The summed E-state index contributed by atoms with van der Waals surface area (Å²) in [7, 11) is -3.60. The third-order valence-corrected chi connectivity index (χ3v) is 16.1. The van der Waals surface area contributed by atoms with Gasteiger partial charge in [0, 0.05) is 19.0 Å². The fraction of sp³-hybridized carbons (Fsp3) is 0.818. The summed E-state index contributed by atoms with van der Waals surface area (Å²) in [6.45, 7) is 16.5. The summed E-state index contributed by atoms with van der Waals surface area (Å²) >= 11 is 0. The predicted molar refractivity (Wildman–Crippen MR) is 224 cm³/mol. The van der Waals surface area contributed by atoms with Crippen LogP contribution in [-0.2, 0) is 38.5 Å². The third kappa shape index (κ3) is 11.7. The minimum absolute atomic E-state index is 0.0891. The second-order valence-electron chi connectivity index (χ2n) is 21.1. The highest BCUT2D eigenvalue weighted by Gasteiger charge is 2.62. The first-order valence-electron chi connectivity index (χ1n) is 22.0. The Bertz CT molecular complexity index is 1790. The van der Waals surface area contributed by atoms with Gasteiger partial charge < -0.3 is 30.9 Å². The molecule has 0 aromatic heterocycles. The van der Waals surface area contributed by atoms with Crippen molar-refractivity contribution in [1.29, 1.82) is 0 Å². The van der Waals surface area contributed by atoms with Crippen LogP contribution in [0.15, 0.2) is 11.3 Å². The first-order chi connectivity index (χ1) is 27.3. The Morgan fingerprint density at radius 2 is 1.42 bits per heavy atom. The largest absolute Gasteiger partial charge is 0.460 e. The Morgan fingerprint density at radius 1 is 0.831 bits per heavy atom. The Labute approximate surface area is 351 Å². The van der Waals surface area contributed by atoms with Gasteiger partial charge in [0.2, 0.25) is 11.7 Å². The molecule has 1 heterocycles. The molecule has 5 aliphatic rings. The zero-order valence-corrected chi connectivity index (χ0v) is 37.9. The van der Waals surface area contributed by atoms with Crippen LogP contribution in [0.25, 0.3) is 0 Å². The molecule has 0 aromatic carbocycles. The van der Waals surface area contributed by atoms with Crippen molar-refractivity contribution in [3.63, 3.8) is 0 Å². The van der Waals surface area contributed by atoms with Gasteiger partial charge in [0.1, 0.15) is 17.3 Å². The van der Waals surface area contributed by atoms with E-state index in [9.17, 15) is 37.2 Å². The SMILES string of the molecule is CC1(CC(NC(=O)NC2(CS(=O)(=O)C(C)(C)C)CCCCC2)C(=O)N2CC3C(=C2C(=O)NC(CC2CC2)C(=O)C(=O)NCCC(=O)OC(C)(C)C)C3(C)C)CCCCC1. The molecule has 3 unspecified atom stereocenters. The number of amides is 5. The number of carbonyl (C=O) groups is 6. The first kappa shape index (κ1) is 46.6. The molecule has 0 spiro atoms. The van der Waals surface area contributed by atoms with Gasteiger partial charge in [-0.25, -0.2) is 13.2 Å². The number of sulfone groups is 1. The van der Waals surface area contributed by atoms with Crippen molar-refractivity contribution in [2.45, 2.75) is 187 Å². The second kappa shape index (κ2) is 17.5. The summed E-state index contributed by atoms with van der Waals surface area (Å²) < 4.78 is 31.3. The maximum atomic E-state index is 14.9. The normalized spacial score (nSPS) is 23.3. The van der Waals surface area contributed by atoms with E-state index >= 15 is 0 Å². The smallest absolute Gasteiger partial charge is 0.315 e. The number of rotatable bonds is 16. The van der Waals surface area contributed by atoms with Gasteiger partial charge in [-0.2, -0.15) is 0 Å². The summed E-state index contributed by atoms with van der Waals surface area (Å²) in [5, 5.41) is 11.4. The number of carbonyl (C=O) groups excluding carboxylic acids is 6. The molecule has 1 aliphatic heterocycles. The monoisotopic (exact) mass is 845 g/mol. The highest BCUT2D eigenvalue weighted by Crippen LogP contribution is 2.63. The van der Waals surface area contributed by atoms with Gasteiger partial charge in [0.15, 0.2) is 9.84 Å². The third-order valence-electron chi connectivity index (χ3n) is 13.3. The molecule has 59 heavy (non-hydrogen) atoms. The molecule has 0 bridgehead atoms. The van der Waals surface area contributed by atoms with Crippen molar-refractivity contribution in [3.05, 3.63) is 11.3 Å². The van der Waals surface area contributed by atoms with Crippen molar-refractivity contribution in [2.24, 2.45) is 22.7 Å². The minimum Gasteiger partial charge on any atom is -0.460 e. The average molecular weight is 846 g/mol. The number of esters is 1. The Hall–Kier alpha value is -3.49. The fourth-order valence-corrected chi connectivity index (χ4v) is 10.9. The van der Waals surface area contributed by atoms with Crippen molar-refractivity contribution in [2.75, 3.05) is 18.8 Å². The van der Waals surface area contributed by atoms with E-state index in [0.717, 1.165) is 69.8 Å². The molecule has 5 amide bonds. The number of ketones is 1. The molecule has 5 rings (SSSR count). The van der Waals surface area contributed by atoms with Gasteiger partial charge in [-0.3, -0.25) is 24.0 Å². The lowest BCUT2D eigenvalue weighted by Crippen LogP contribution is -2.61. The Balaban J connectivity index is 1.36. The molecule has 15 heteroatoms. The van der Waals surface area contributed by atoms with Crippen LogP contribution in [0.2, 0.25) is 0 Å². The van der Waals surface area contributed by atoms with E-state index in [1.807, 2.05) is 13.8 Å². The van der Waals surface area contributed by atoms with E-state index < -0.39 is 73.3 Å². The number of Topliss-reactive ketones (excluding diaryl/α,β-unsaturated/α-hetero) is 1. The van der Waals surface area contributed by atoms with E-state index in [1.54, 1.807) is 41.5 Å². The standard InChI is InChI=1S/C44H71N5O9S/c1-40(2,3)58-32(50)18-23-45-37(53)35(51)30(24-28-16-17-28)46-36(52)34-33-29(42(33,7)8)26-49(34)38(54)31(25-43(9)19-12-10-13-20-43)47-39(55)48-44(21-14-11-15-22-44)27-59(56,57)41(4,5)6/h28-31H,10-27H2,1-9H3,(H,45,53)(H,46,52)(H2,47,48,55). The predicted octanol–water partition coefficient (Wildman–Crippen LogP) is 5.39. The minimum atomic E-state index is -3.60. The molecule has 0 saturated heterocycles. The molecular weight excluding hydrogens is 775 g/mol. The lowest BCUT2D eigenvalue weighted by atomic mass is 9.71. The van der Waals surface area contributed by atoms with Gasteiger partial charge in [-0.05, 0) is 102 Å². The molecule has 4 N–H and O–H groups in total. The highest BCUT2D eigenvalue weighted by molar-refractivity contribution is 7.92. The number of ether oxygens (including phenoxy) is 1. The fourth-order valence-electron chi connectivity index (χ4n) is 9.39. The van der Waals surface area contributed by atoms with E-state index in [1.165, 1.54) is 4.90 Å². The van der Waals surface area contributed by atoms with Crippen molar-refractivity contribution in [3.8, 4) is 0 Å². The Morgan fingerprint density at radius 3 is 1.98 bits per heavy atom. The molecular formula is C44H71N5O9S. The van der Waals surface area contributed by atoms with Gasteiger partial charge in [0.05, 0.1) is 28.5 Å². The molecule has 3 atom stereocenters. The summed E-state index contributed by atoms with van der Waals surface area (Å²) in [4.78, 5) is 83.7. The topological polar surface area (TPSA) is 197 Å². The van der Waals surface area contributed by atoms with Crippen LogP contribution < -0.4 is 21.3 Å². The van der Waals surface area contributed by atoms with Crippen molar-refractivity contribution in [1.82, 2.24) is 26.2 Å². The average Bonchev–Trinajstić information content (AvgIpc) is 3.97. The summed E-state index contributed by atoms with van der Waals surface area (Å²) in [5.74, 6) is -3.43. The van der Waals surface area contributed by atoms with Gasteiger partial charge >= 0.3 is 12.0 Å². The first-order valence-corrected chi connectivity index (χ1v) is 23.6. The second-order valence-corrected chi connectivity index (χ2v) is 23.8. The van der Waals surface area contributed by atoms with Crippen LogP contribution in [0, 0.1) is 22.7 Å². The molecule has 0 radical (unpaired) electrons. The molecule has 0 aromatic rings. The summed E-state index contributed by atoms with van der Waals surface area (Å²) in [5.41, 5.74) is -1.33. The molecule has 4 fully saturated rings. The van der Waals surface area contributed by atoms with E-state index in [0.29, 0.717) is 19.3 Å². The molecule has 4 aliphatic carbocycles. The lowest BCUT2D eigenvalue weighted by Gasteiger charge is -2.41. The van der Waals surface area contributed by atoms with Crippen molar-refractivity contribution >= 4 is 45.3 Å². The van der Waals surface area contributed by atoms with Gasteiger partial charge in [0.25, 0.3) is 11.8 Å². The van der Waals surface area contributed by atoms with Crippen LogP contribution in [0.5, 0.6) is 0 Å². The van der Waals surface area contributed by atoms with Crippen LogP contribution in [0.1, 0.15) is 159 Å². The van der Waals surface area contributed by atoms with Crippen LogP contribution in [0.3, 0.4) is 0 Å². The van der Waals surface area contributed by atoms with E-state index in [-0.39, 0.29) is 60.0 Å². The van der Waals surface area contributed by atoms with E-state index in [2.05, 4.69) is 28.2 Å². The zero-order chi connectivity index (χ0) is 43.8. The quantitative estimate of drug-likeness (QED) is 0.116. The number of nitrogens with one attached hydrogen (secondary N) is 4. The van der Waals surface area contributed by atoms with Crippen LogP contribution >= 0.6 is 0 Å². The summed E-state index contributed by atoms with van der Waals surface area (Å²) in [6.07, 6.45) is 10.6. The van der Waals surface area contributed by atoms with E-state index in [4.69, 9.17) is 4.74 Å². The number of hydrogen-bond donors (Lipinski definition) is 4. The Kier molecular flexibility index (Phi) is 13.8. The molecule has 14 nitrogen and oxygen atoms in total. The number of urea groups is 1. The van der Waals surface area contributed by atoms with Crippen LogP contribution in [0.4, 0.5) is 4.79 Å². The van der Waals surface area contributed by atoms with Crippen molar-refractivity contribution < 1.29 is 41.9 Å². The lowest BCUT2D eigenvalue weighted by molar-refractivity contribution is -0.154. The van der Waals surface area contributed by atoms with Gasteiger partial charge in [-0.1, -0.05) is 72.1 Å². The molecule has 4 saturated carbocycles. The number of fused-ring (bicyclic) bond motifs is 1.